The number of imidazole rings is 2. The molecule has 0 saturated carbocycles. The van der Waals surface area contributed by atoms with E-state index in [9.17, 15) is 65.6 Å². The molecule has 2 aliphatic heterocycles. The van der Waals surface area contributed by atoms with Gasteiger partial charge in [-0.25, -0.2) is 59.9 Å². The second-order valence-corrected chi connectivity index (χ2v) is 29.1. The molecule has 0 radical (unpaired) electrons. The molecule has 9 N–H and O–H groups in total. The smallest absolute Gasteiger partial charge is 0.459 e. The van der Waals surface area contributed by atoms with Crippen LogP contribution in [0.1, 0.15) is 120 Å². The number of amides is 2. The van der Waals surface area contributed by atoms with Crippen molar-refractivity contribution < 1.29 is 116 Å². The maximum absolute atomic E-state index is 16.3. The van der Waals surface area contributed by atoms with E-state index in [1.807, 2.05) is 18.9 Å². The number of rotatable bonds is 29. The van der Waals surface area contributed by atoms with Gasteiger partial charge in [0.1, 0.15) is 53.3 Å². The zero-order valence-corrected chi connectivity index (χ0v) is 62.2. The number of hydrogen-bond acceptors (Lipinski definition) is 26. The molecule has 4 aromatic heterocycles. The summed E-state index contributed by atoms with van der Waals surface area (Å²) in [7, 11) is -6.51. The Balaban J connectivity index is 0.000000235. The van der Waals surface area contributed by atoms with Crippen molar-refractivity contribution in [2.24, 2.45) is 0 Å². The lowest BCUT2D eigenvalue weighted by molar-refractivity contribution is -0.149. The van der Waals surface area contributed by atoms with Crippen molar-refractivity contribution in [1.29, 1.82) is 0 Å². The topological polar surface area (TPSA) is 416 Å². The largest absolute Gasteiger partial charge is 0.462 e. The van der Waals surface area contributed by atoms with Crippen LogP contribution in [0.5, 0.6) is 11.5 Å². The number of ether oxygens (including phenoxy) is 6. The fraction of sp³-hybridized carbons (Fsp3) is 0.515. The molecule has 107 heavy (non-hydrogen) atoms. The van der Waals surface area contributed by atoms with Gasteiger partial charge in [0, 0.05) is 14.1 Å². The maximum Gasteiger partial charge on any atom is 0.459 e. The van der Waals surface area contributed by atoms with E-state index in [0.29, 0.717) is 6.42 Å². The number of esters is 2. The molecule has 588 valence electrons. The standard InChI is InChI=1S/C30H43FN7O9P.C18H17F5NO4P.C18H27FN6O5/c1-7-8-12-15-43-29(41)37(6)24-22-25(35-28(32)34-24)38(17-33-22)27-30(5,31)23(39)21(46-27)16-44-48(42,47-20-13-10-9-11-14-20)36-19(4)26(40)45-18(2)3;1-9(2)27-18(25)10(3)24-29(26,28-11-7-5-4-6-8-11)17-15(22)13(20)12(19)14(21)16(17)23;1-4-5-6-7-29-17(28)24(3)13-11-14(23-16(20)22-13)25(9-21-11)15-18(2,19)12(27)10(8-26)30-15/h9-11,13-14,17-19,21,23,27,39H,7-8,12,15-16H2,1-6H3,(H,36,42)(H2,32,34,35);4-10H,1-3H3,(H,24,26);9-10,12,15,26-27H,4-8H2,1-3H3,(H2,20,22,23)/t19-,21+,23+,27+,30+,48-;10-,29+;10-,12-,15-,18-/m001/s1. The molecule has 0 spiro atoms. The number of carbonyl (C=O) groups is 4. The Bertz CT molecular complexity index is 4280. The number of aromatic nitrogens is 8. The first-order chi connectivity index (χ1) is 50.4. The predicted octanol–water partition coefficient (Wildman–Crippen LogP) is 9.65. The summed E-state index contributed by atoms with van der Waals surface area (Å²) in [5.41, 5.74) is 7.49. The van der Waals surface area contributed by atoms with Gasteiger partial charge in [0.05, 0.1) is 51.3 Å². The molecule has 7 aromatic rings. The normalized spacial score (nSPS) is 21.5. The molecular weight excluding hydrogens is 1470 g/mol. The Morgan fingerprint density at radius 1 is 0.607 bits per heavy atom. The Morgan fingerprint density at radius 3 is 1.40 bits per heavy atom. The van der Waals surface area contributed by atoms with Crippen molar-refractivity contribution in [2.75, 3.05) is 61.8 Å². The highest BCUT2D eigenvalue weighted by Crippen LogP contribution is 2.50. The third kappa shape index (κ3) is 20.5. The number of hydrogen-bond donors (Lipinski definition) is 7. The molecule has 0 aliphatic carbocycles. The summed E-state index contributed by atoms with van der Waals surface area (Å²) in [5, 5.41) is 33.4. The predicted molar refractivity (Wildman–Crippen MR) is 373 cm³/mol. The Kier molecular flexibility index (Phi) is 29.3. The number of aliphatic hydroxyl groups is 3. The number of para-hydroxylation sites is 2. The van der Waals surface area contributed by atoms with E-state index in [-0.39, 0.29) is 70.6 Å². The summed E-state index contributed by atoms with van der Waals surface area (Å²) >= 11 is 0. The average molecular weight is 1560 g/mol. The van der Waals surface area contributed by atoms with Gasteiger partial charge in [-0.05, 0) is 92.5 Å². The van der Waals surface area contributed by atoms with Crippen molar-refractivity contribution in [2.45, 2.75) is 180 Å². The van der Waals surface area contributed by atoms with Crippen molar-refractivity contribution in [3.05, 3.63) is 102 Å². The minimum Gasteiger partial charge on any atom is -0.462 e. The van der Waals surface area contributed by atoms with Crippen LogP contribution in [0.3, 0.4) is 0 Å². The zero-order valence-electron chi connectivity index (χ0n) is 60.4. The summed E-state index contributed by atoms with van der Waals surface area (Å²) in [6.45, 7) is 14.6. The van der Waals surface area contributed by atoms with Crippen molar-refractivity contribution in [3.8, 4) is 11.5 Å². The fourth-order valence-corrected chi connectivity index (χ4v) is 14.0. The van der Waals surface area contributed by atoms with Gasteiger partial charge in [-0.3, -0.25) is 37.6 Å². The zero-order chi connectivity index (χ0) is 79.2. The first-order valence-corrected chi connectivity index (χ1v) is 36.8. The molecule has 0 unspecified atom stereocenters. The quantitative estimate of drug-likeness (QED) is 0.00436. The van der Waals surface area contributed by atoms with Crippen LogP contribution in [0.15, 0.2) is 73.3 Å². The van der Waals surface area contributed by atoms with Gasteiger partial charge in [-0.2, -0.15) is 25.0 Å². The monoisotopic (exact) mass is 1560 g/mol. The van der Waals surface area contributed by atoms with Crippen LogP contribution >= 0.6 is 15.3 Å². The lowest BCUT2D eigenvalue weighted by Gasteiger charge is -2.25. The number of nitrogens with one attached hydrogen (secondary N) is 2. The summed E-state index contributed by atoms with van der Waals surface area (Å²) in [6, 6.07) is 12.4. The molecule has 2 fully saturated rings. The van der Waals surface area contributed by atoms with Crippen LogP contribution in [-0.2, 0) is 51.7 Å². The Hall–Kier alpha value is -8.91. The van der Waals surface area contributed by atoms with Crippen LogP contribution < -0.4 is 45.8 Å². The Morgan fingerprint density at radius 2 is 1.00 bits per heavy atom. The third-order valence-corrected chi connectivity index (χ3v) is 19.9. The molecule has 6 heterocycles. The van der Waals surface area contributed by atoms with Crippen molar-refractivity contribution in [3.63, 3.8) is 0 Å². The van der Waals surface area contributed by atoms with Crippen LogP contribution in [0.4, 0.5) is 63.9 Å². The number of nitrogens with zero attached hydrogens (tertiary/aromatic N) is 10. The number of aliphatic hydroxyl groups excluding tert-OH is 3. The molecule has 32 nitrogen and oxygen atoms in total. The minimum absolute atomic E-state index is 0.0167. The highest BCUT2D eigenvalue weighted by molar-refractivity contribution is 7.65. The number of nitrogens with two attached hydrogens (primary N) is 2. The molecule has 2 saturated heterocycles. The van der Waals surface area contributed by atoms with E-state index >= 15 is 8.78 Å². The summed E-state index contributed by atoms with van der Waals surface area (Å²) < 4.78 is 179. The number of anilines is 4. The Labute approximate surface area is 610 Å². The lowest BCUT2D eigenvalue weighted by atomic mass is 9.98. The lowest BCUT2D eigenvalue weighted by Crippen LogP contribution is -2.41. The van der Waals surface area contributed by atoms with E-state index in [1.54, 1.807) is 38.1 Å². The van der Waals surface area contributed by atoms with E-state index in [4.69, 9.17) is 53.5 Å². The van der Waals surface area contributed by atoms with Crippen LogP contribution in [0.2, 0.25) is 0 Å². The number of carbonyl (C=O) groups excluding carboxylic acids is 4. The first kappa shape index (κ1) is 85.3. The van der Waals surface area contributed by atoms with Gasteiger partial charge in [0.2, 0.25) is 17.7 Å². The van der Waals surface area contributed by atoms with Crippen molar-refractivity contribution in [1.82, 2.24) is 49.2 Å². The molecule has 2 amide bonds. The molecule has 12 atom stereocenters. The van der Waals surface area contributed by atoms with E-state index < -0.39 is 159 Å². The van der Waals surface area contributed by atoms with Gasteiger partial charge in [0.25, 0.3) is 0 Å². The highest BCUT2D eigenvalue weighted by atomic mass is 31.2. The summed E-state index contributed by atoms with van der Waals surface area (Å²) in [4.78, 5) is 76.9. The fourth-order valence-electron chi connectivity index (χ4n) is 10.5. The molecule has 2 aliphatic rings. The summed E-state index contributed by atoms with van der Waals surface area (Å²) in [5.74, 6) is -13.7. The average Bonchev–Trinajstić information content (AvgIpc) is 1.69. The number of halogens is 7. The minimum atomic E-state index is -5.04. The van der Waals surface area contributed by atoms with E-state index in [0.717, 1.165) is 62.7 Å². The SMILES string of the molecule is CC(C)OC(=O)[C@H](C)N[P@](=O)(Oc1ccccc1)c1c(F)c(F)c(F)c(F)c1F.CCCCCOC(=O)N(C)c1nc(N)nc2c1ncn2[C@@H]1O[C@H](CO)[C@@H](O)[C@@]1(C)F.CCCCCOC(=O)N(C)c1nc(N)nc2c1ncn2[C@@H]1O[C@H](CO[P@@](=O)(N[C@@H](C)C(=O)OC(C)C)Oc2ccccc2)[C@@H](O)[C@@]1(C)F. The van der Waals surface area contributed by atoms with E-state index in [2.05, 4.69) is 35.0 Å². The van der Waals surface area contributed by atoms with Gasteiger partial charge in [-0.1, -0.05) is 75.9 Å². The van der Waals surface area contributed by atoms with Gasteiger partial charge < -0.3 is 64.3 Å². The number of benzene rings is 3. The number of alkyl halides is 2. The maximum atomic E-state index is 16.3. The van der Waals surface area contributed by atoms with E-state index in [1.165, 1.54) is 93.1 Å². The molecule has 3 aromatic carbocycles. The van der Waals surface area contributed by atoms with Crippen LogP contribution in [-0.4, -0.2) is 179 Å². The summed E-state index contributed by atoms with van der Waals surface area (Å²) in [6.07, 6.45) is -3.31. The second kappa shape index (κ2) is 36.8. The highest BCUT2D eigenvalue weighted by Gasteiger charge is 2.57. The first-order valence-electron chi connectivity index (χ1n) is 33.7. The number of unbranched alkanes of at least 4 members (excludes halogenated alkanes) is 4. The van der Waals surface area contributed by atoms with Gasteiger partial charge in [0.15, 0.2) is 81.0 Å². The van der Waals surface area contributed by atoms with Crippen LogP contribution in [0.25, 0.3) is 22.3 Å². The second-order valence-electron chi connectivity index (χ2n) is 25.4. The van der Waals surface area contributed by atoms with Crippen molar-refractivity contribution >= 4 is 90.6 Å². The molecule has 0 bridgehead atoms. The number of fused-ring (bicyclic) bond motifs is 2. The third-order valence-electron chi connectivity index (χ3n) is 16.1. The number of nitrogen functional groups attached to an aromatic ring is 2. The molecule has 9 rings (SSSR count). The van der Waals surface area contributed by atoms with Crippen LogP contribution in [0, 0.1) is 29.1 Å². The molecule has 41 heteroatoms. The molecular formula is C66H87F7N14O18P2. The van der Waals surface area contributed by atoms with Gasteiger partial charge >= 0.3 is 39.4 Å². The van der Waals surface area contributed by atoms with Gasteiger partial charge in [-0.15, -0.1) is 0 Å².